The number of aryl methyl sites for hydroxylation is 2. The number of carbonyl (C=O) groups excluding carboxylic acids is 5. The van der Waals surface area contributed by atoms with Gasteiger partial charge in [0, 0.05) is 5.56 Å². The zero-order valence-corrected chi connectivity index (χ0v) is 19.4. The van der Waals surface area contributed by atoms with Gasteiger partial charge in [-0.1, -0.05) is 24.3 Å². The van der Waals surface area contributed by atoms with Crippen LogP contribution in [-0.2, 0) is 9.53 Å². The number of para-hydroxylation sites is 1. The molecule has 0 aliphatic carbocycles. The molecule has 0 spiro atoms. The topological polar surface area (TPSA) is 110 Å². The lowest BCUT2D eigenvalue weighted by atomic mass is 10.1. The normalized spacial score (nSPS) is 12.4. The molecule has 0 saturated carbocycles. The molecule has 0 fully saturated rings. The van der Waals surface area contributed by atoms with Crippen LogP contribution in [0.1, 0.15) is 59.5 Å². The van der Waals surface area contributed by atoms with Crippen LogP contribution in [0, 0.1) is 13.8 Å². The monoisotopic (exact) mass is 470 g/mol. The molecule has 3 aromatic rings. The summed E-state index contributed by atoms with van der Waals surface area (Å²) >= 11 is 0. The van der Waals surface area contributed by atoms with Crippen LogP contribution in [0.2, 0.25) is 0 Å². The van der Waals surface area contributed by atoms with Crippen LogP contribution in [0.15, 0.2) is 60.7 Å². The van der Waals surface area contributed by atoms with Crippen molar-refractivity contribution in [1.29, 1.82) is 0 Å². The van der Waals surface area contributed by atoms with Crippen LogP contribution in [0.25, 0.3) is 0 Å². The van der Waals surface area contributed by atoms with Crippen LogP contribution in [0.4, 0.5) is 11.4 Å². The number of nitrogens with one attached hydrogen (secondary N) is 1. The fourth-order valence-electron chi connectivity index (χ4n) is 3.85. The lowest BCUT2D eigenvalue weighted by Gasteiger charge is -2.17. The Bertz CT molecular complexity index is 1410. The van der Waals surface area contributed by atoms with Crippen molar-refractivity contribution >= 4 is 40.8 Å². The lowest BCUT2D eigenvalue weighted by Crippen LogP contribution is -2.30. The van der Waals surface area contributed by atoms with E-state index in [1.807, 2.05) is 19.1 Å². The Kier molecular flexibility index (Phi) is 6.29. The standard InChI is InChI=1S/C27H22N2O6/c1-15-8-9-16(2)23(12-15)29-25(32)20-11-10-18(13-21(20)26(29)33)27(34)35-14-24(31)28-22-7-5-4-6-19(22)17(3)30/h4-13H,14H2,1-3H3,(H,28,31). The van der Waals surface area contributed by atoms with E-state index < -0.39 is 30.3 Å². The molecule has 3 amide bonds. The van der Waals surface area contributed by atoms with Gasteiger partial charge in [-0.2, -0.15) is 0 Å². The number of imide groups is 1. The number of esters is 1. The molecule has 0 unspecified atom stereocenters. The smallest absolute Gasteiger partial charge is 0.338 e. The molecule has 0 atom stereocenters. The number of anilines is 2. The molecule has 1 aliphatic rings. The van der Waals surface area contributed by atoms with Crippen molar-refractivity contribution in [3.05, 3.63) is 94.0 Å². The molecule has 0 bridgehead atoms. The fourth-order valence-corrected chi connectivity index (χ4v) is 3.85. The van der Waals surface area contributed by atoms with Gasteiger partial charge in [-0.15, -0.1) is 0 Å². The Labute approximate surface area is 201 Å². The summed E-state index contributed by atoms with van der Waals surface area (Å²) in [6, 6.07) is 16.0. The first kappa shape index (κ1) is 23.6. The Morgan fingerprint density at radius 2 is 1.60 bits per heavy atom. The Morgan fingerprint density at radius 3 is 2.34 bits per heavy atom. The van der Waals surface area contributed by atoms with Gasteiger partial charge in [0.25, 0.3) is 17.7 Å². The van der Waals surface area contributed by atoms with Crippen molar-refractivity contribution < 1.29 is 28.7 Å². The zero-order valence-electron chi connectivity index (χ0n) is 19.4. The minimum absolute atomic E-state index is 0.0321. The highest BCUT2D eigenvalue weighted by Crippen LogP contribution is 2.32. The zero-order chi connectivity index (χ0) is 25.3. The predicted octanol–water partition coefficient (Wildman–Crippen LogP) is 4.10. The van der Waals surface area contributed by atoms with Crippen LogP contribution >= 0.6 is 0 Å². The largest absolute Gasteiger partial charge is 0.452 e. The maximum Gasteiger partial charge on any atom is 0.338 e. The number of hydrogen-bond acceptors (Lipinski definition) is 6. The molecular formula is C27H22N2O6. The van der Waals surface area contributed by atoms with Crippen molar-refractivity contribution in [3.63, 3.8) is 0 Å². The molecule has 0 saturated heterocycles. The molecule has 0 radical (unpaired) electrons. The Hall–Kier alpha value is -4.59. The number of ketones is 1. The third-order valence-corrected chi connectivity index (χ3v) is 5.64. The van der Waals surface area contributed by atoms with E-state index in [0.29, 0.717) is 16.9 Å². The Balaban J connectivity index is 1.47. The molecule has 1 N–H and O–H groups in total. The summed E-state index contributed by atoms with van der Waals surface area (Å²) in [5.74, 6) is -2.67. The van der Waals surface area contributed by atoms with E-state index in [1.54, 1.807) is 37.3 Å². The van der Waals surface area contributed by atoms with Crippen molar-refractivity contribution in [3.8, 4) is 0 Å². The SMILES string of the molecule is CC(=O)c1ccccc1NC(=O)COC(=O)c1ccc2c(c1)C(=O)N(c1cc(C)ccc1C)C2=O. The molecular weight excluding hydrogens is 448 g/mol. The summed E-state index contributed by atoms with van der Waals surface area (Å²) in [4.78, 5) is 63.6. The van der Waals surface area contributed by atoms with Gasteiger partial charge in [0.15, 0.2) is 12.4 Å². The summed E-state index contributed by atoms with van der Waals surface area (Å²) in [7, 11) is 0. The van der Waals surface area contributed by atoms with Gasteiger partial charge in [-0.05, 0) is 68.3 Å². The van der Waals surface area contributed by atoms with E-state index in [9.17, 15) is 24.0 Å². The number of fused-ring (bicyclic) bond motifs is 1. The highest BCUT2D eigenvalue weighted by Gasteiger charge is 2.38. The Morgan fingerprint density at radius 1 is 0.886 bits per heavy atom. The number of amides is 3. The molecule has 0 aromatic heterocycles. The summed E-state index contributed by atoms with van der Waals surface area (Å²) in [5.41, 5.74) is 3.11. The summed E-state index contributed by atoms with van der Waals surface area (Å²) < 4.78 is 5.08. The summed E-state index contributed by atoms with van der Waals surface area (Å²) in [5, 5.41) is 2.54. The molecule has 4 rings (SSSR count). The highest BCUT2D eigenvalue weighted by atomic mass is 16.5. The van der Waals surface area contributed by atoms with Gasteiger partial charge < -0.3 is 10.1 Å². The van der Waals surface area contributed by atoms with Crippen molar-refractivity contribution in [2.24, 2.45) is 0 Å². The predicted molar refractivity (Wildman–Crippen MR) is 129 cm³/mol. The van der Waals surface area contributed by atoms with E-state index in [1.165, 1.54) is 25.1 Å². The van der Waals surface area contributed by atoms with Gasteiger partial charge in [-0.25, -0.2) is 9.69 Å². The minimum Gasteiger partial charge on any atom is -0.452 e. The third kappa shape index (κ3) is 4.59. The number of Topliss-reactive ketones (excluding diaryl/α,β-unsaturated/α-hetero) is 1. The summed E-state index contributed by atoms with van der Waals surface area (Å²) in [6.45, 7) is 4.46. The molecule has 8 heteroatoms. The second-order valence-corrected chi connectivity index (χ2v) is 8.22. The number of carbonyl (C=O) groups is 5. The van der Waals surface area contributed by atoms with Gasteiger partial charge in [-0.3, -0.25) is 19.2 Å². The van der Waals surface area contributed by atoms with Crippen LogP contribution in [-0.4, -0.2) is 36.1 Å². The van der Waals surface area contributed by atoms with Gasteiger partial charge >= 0.3 is 5.97 Å². The van der Waals surface area contributed by atoms with Gasteiger partial charge in [0.2, 0.25) is 0 Å². The van der Waals surface area contributed by atoms with Gasteiger partial charge in [0.05, 0.1) is 28.1 Å². The van der Waals surface area contributed by atoms with Crippen molar-refractivity contribution in [2.75, 3.05) is 16.8 Å². The average molecular weight is 470 g/mol. The van der Waals surface area contributed by atoms with E-state index >= 15 is 0 Å². The van der Waals surface area contributed by atoms with Crippen LogP contribution in [0.3, 0.4) is 0 Å². The first-order valence-corrected chi connectivity index (χ1v) is 10.8. The first-order valence-electron chi connectivity index (χ1n) is 10.8. The first-order chi connectivity index (χ1) is 16.7. The fraction of sp³-hybridized carbons (Fsp3) is 0.148. The van der Waals surface area contributed by atoms with E-state index in [-0.39, 0.29) is 22.5 Å². The quantitative estimate of drug-likeness (QED) is 0.330. The van der Waals surface area contributed by atoms with Gasteiger partial charge in [0.1, 0.15) is 0 Å². The molecule has 8 nitrogen and oxygen atoms in total. The minimum atomic E-state index is -0.826. The number of hydrogen-bond donors (Lipinski definition) is 1. The number of nitrogens with zero attached hydrogens (tertiary/aromatic N) is 1. The van der Waals surface area contributed by atoms with E-state index in [4.69, 9.17) is 4.74 Å². The lowest BCUT2D eigenvalue weighted by molar-refractivity contribution is -0.119. The number of ether oxygens (including phenoxy) is 1. The highest BCUT2D eigenvalue weighted by molar-refractivity contribution is 6.35. The second kappa shape index (κ2) is 9.34. The van der Waals surface area contributed by atoms with Crippen LogP contribution in [0.5, 0.6) is 0 Å². The maximum absolute atomic E-state index is 13.1. The molecule has 1 heterocycles. The van der Waals surface area contributed by atoms with E-state index in [2.05, 4.69) is 5.32 Å². The second-order valence-electron chi connectivity index (χ2n) is 8.22. The molecule has 1 aliphatic heterocycles. The summed E-state index contributed by atoms with van der Waals surface area (Å²) in [6.07, 6.45) is 0. The molecule has 3 aromatic carbocycles. The number of benzene rings is 3. The van der Waals surface area contributed by atoms with Crippen LogP contribution < -0.4 is 10.2 Å². The molecule has 176 valence electrons. The molecule has 35 heavy (non-hydrogen) atoms. The van der Waals surface area contributed by atoms with Crippen molar-refractivity contribution in [2.45, 2.75) is 20.8 Å². The van der Waals surface area contributed by atoms with Crippen molar-refractivity contribution in [1.82, 2.24) is 0 Å². The number of rotatable bonds is 6. The van der Waals surface area contributed by atoms with E-state index in [0.717, 1.165) is 16.0 Å². The average Bonchev–Trinajstić information content (AvgIpc) is 3.08. The third-order valence-electron chi connectivity index (χ3n) is 5.64. The maximum atomic E-state index is 13.1.